The van der Waals surface area contributed by atoms with Gasteiger partial charge in [0.05, 0.1) is 0 Å². The molecule has 0 unspecified atom stereocenters. The average molecular weight is 306 g/mol. The number of carbonyl (C=O) groups excluding carboxylic acids is 1. The minimum absolute atomic E-state index is 0.152. The molecule has 0 N–H and O–H groups in total. The molecule has 4 heteroatoms. The molecule has 22 heavy (non-hydrogen) atoms. The van der Waals surface area contributed by atoms with Crippen molar-refractivity contribution in [3.05, 3.63) is 22.3 Å². The van der Waals surface area contributed by atoms with Crippen LogP contribution in [0.3, 0.4) is 0 Å². The van der Waals surface area contributed by atoms with Gasteiger partial charge in [-0.1, -0.05) is 0 Å². The van der Waals surface area contributed by atoms with E-state index in [-0.39, 0.29) is 12.4 Å². The first-order chi connectivity index (χ1) is 10.4. The summed E-state index contributed by atoms with van der Waals surface area (Å²) in [6.07, 6.45) is 4.02. The summed E-state index contributed by atoms with van der Waals surface area (Å²) in [7, 11) is 1.61. The molecule has 1 aromatic rings. The molecule has 0 spiro atoms. The Morgan fingerprint density at radius 1 is 1.27 bits per heavy atom. The summed E-state index contributed by atoms with van der Waals surface area (Å²) in [6.45, 7) is 8.55. The Balaban J connectivity index is 2.55. The highest BCUT2D eigenvalue weighted by atomic mass is 16.7. The summed E-state index contributed by atoms with van der Waals surface area (Å²) in [5.41, 5.74) is 4.31. The number of benzene rings is 1. The van der Waals surface area contributed by atoms with Crippen LogP contribution in [0.2, 0.25) is 0 Å². The SMILES string of the molecule is COCOc1c(C)c(C)c2c(c1CCC=O)CCC(C)(C)O2. The fourth-order valence-corrected chi connectivity index (χ4v) is 3.00. The number of aldehydes is 1. The van der Waals surface area contributed by atoms with Crippen LogP contribution in [0.1, 0.15) is 48.9 Å². The number of hydrogen-bond acceptors (Lipinski definition) is 4. The normalized spacial score (nSPS) is 15.9. The molecule has 0 atom stereocenters. The van der Waals surface area contributed by atoms with Crippen molar-refractivity contribution in [3.8, 4) is 11.5 Å². The van der Waals surface area contributed by atoms with Gasteiger partial charge in [-0.15, -0.1) is 0 Å². The smallest absolute Gasteiger partial charge is 0.188 e. The molecule has 1 aromatic carbocycles. The molecule has 122 valence electrons. The zero-order valence-corrected chi connectivity index (χ0v) is 14.2. The third kappa shape index (κ3) is 3.27. The van der Waals surface area contributed by atoms with Crippen molar-refractivity contribution in [2.45, 2.75) is 59.0 Å². The molecule has 4 nitrogen and oxygen atoms in total. The first-order valence-corrected chi connectivity index (χ1v) is 7.80. The van der Waals surface area contributed by atoms with Crippen molar-refractivity contribution >= 4 is 6.29 Å². The zero-order chi connectivity index (χ0) is 16.3. The third-order valence-corrected chi connectivity index (χ3v) is 4.34. The number of ether oxygens (including phenoxy) is 3. The highest BCUT2D eigenvalue weighted by Gasteiger charge is 2.32. The number of rotatable bonds is 6. The van der Waals surface area contributed by atoms with Gasteiger partial charge in [0.2, 0.25) is 0 Å². The van der Waals surface area contributed by atoms with Gasteiger partial charge in [-0.05, 0) is 58.1 Å². The Morgan fingerprint density at radius 3 is 2.64 bits per heavy atom. The van der Waals surface area contributed by atoms with E-state index in [1.165, 1.54) is 5.56 Å². The molecule has 0 fully saturated rings. The highest BCUT2D eigenvalue weighted by Crippen LogP contribution is 2.44. The fourth-order valence-electron chi connectivity index (χ4n) is 3.00. The second-order valence-electron chi connectivity index (χ2n) is 6.48. The van der Waals surface area contributed by atoms with E-state index in [2.05, 4.69) is 20.8 Å². The molecule has 0 saturated heterocycles. The molecule has 0 amide bonds. The molecule has 1 heterocycles. The van der Waals surface area contributed by atoms with Crippen LogP contribution < -0.4 is 9.47 Å². The van der Waals surface area contributed by atoms with Crippen LogP contribution in [0.5, 0.6) is 11.5 Å². The van der Waals surface area contributed by atoms with Crippen LogP contribution in [0.25, 0.3) is 0 Å². The maximum Gasteiger partial charge on any atom is 0.188 e. The Labute approximate surface area is 132 Å². The van der Waals surface area contributed by atoms with Gasteiger partial charge in [0, 0.05) is 24.7 Å². The first-order valence-electron chi connectivity index (χ1n) is 7.80. The van der Waals surface area contributed by atoms with Crippen molar-refractivity contribution < 1.29 is 19.0 Å². The standard InChI is InChI=1S/C18H26O4/c1-12-13(2)17-15(8-9-18(3,4)22-17)14(7-6-10-19)16(12)21-11-20-5/h10H,6-9,11H2,1-5H3. The minimum atomic E-state index is -0.152. The summed E-state index contributed by atoms with van der Waals surface area (Å²) in [6, 6.07) is 0. The predicted molar refractivity (Wildman–Crippen MR) is 85.8 cm³/mol. The van der Waals surface area contributed by atoms with Gasteiger partial charge >= 0.3 is 0 Å². The summed E-state index contributed by atoms with van der Waals surface area (Å²) in [4.78, 5) is 10.8. The lowest BCUT2D eigenvalue weighted by Gasteiger charge is -2.36. The second-order valence-corrected chi connectivity index (χ2v) is 6.48. The van der Waals surface area contributed by atoms with E-state index in [4.69, 9.17) is 14.2 Å². The number of methoxy groups -OCH3 is 1. The van der Waals surface area contributed by atoms with Crippen LogP contribution in [0.15, 0.2) is 0 Å². The fraction of sp³-hybridized carbons (Fsp3) is 0.611. The van der Waals surface area contributed by atoms with E-state index in [0.717, 1.165) is 47.3 Å². The molecule has 0 aromatic heterocycles. The van der Waals surface area contributed by atoms with Gasteiger partial charge in [-0.3, -0.25) is 0 Å². The van der Waals surface area contributed by atoms with Crippen LogP contribution in [-0.4, -0.2) is 25.8 Å². The van der Waals surface area contributed by atoms with Crippen molar-refractivity contribution in [1.82, 2.24) is 0 Å². The Hall–Kier alpha value is -1.55. The Morgan fingerprint density at radius 2 is 2.00 bits per heavy atom. The molecule has 0 aliphatic carbocycles. The number of fused-ring (bicyclic) bond motifs is 1. The van der Waals surface area contributed by atoms with Crippen LogP contribution in [-0.2, 0) is 22.4 Å². The lowest BCUT2D eigenvalue weighted by atomic mass is 9.86. The van der Waals surface area contributed by atoms with E-state index in [1.54, 1.807) is 7.11 Å². The molecule has 2 rings (SSSR count). The van der Waals surface area contributed by atoms with Gasteiger partial charge in [0.15, 0.2) is 6.79 Å². The second kappa shape index (κ2) is 6.69. The van der Waals surface area contributed by atoms with Gasteiger partial charge in [0.1, 0.15) is 23.4 Å². The minimum Gasteiger partial charge on any atom is -0.487 e. The highest BCUT2D eigenvalue weighted by molar-refractivity contribution is 5.61. The molecular formula is C18H26O4. The van der Waals surface area contributed by atoms with Crippen LogP contribution >= 0.6 is 0 Å². The van der Waals surface area contributed by atoms with Crippen molar-refractivity contribution in [2.75, 3.05) is 13.9 Å². The summed E-state index contributed by atoms with van der Waals surface area (Å²) in [5.74, 6) is 1.82. The zero-order valence-electron chi connectivity index (χ0n) is 14.2. The van der Waals surface area contributed by atoms with Gasteiger partial charge < -0.3 is 19.0 Å². The topological polar surface area (TPSA) is 44.8 Å². The van der Waals surface area contributed by atoms with E-state index in [1.807, 2.05) is 6.92 Å². The maximum atomic E-state index is 10.8. The molecule has 1 aliphatic rings. The molecule has 0 radical (unpaired) electrons. The first kappa shape index (κ1) is 16.8. The lowest BCUT2D eigenvalue weighted by molar-refractivity contribution is -0.107. The van der Waals surface area contributed by atoms with Crippen molar-refractivity contribution in [2.24, 2.45) is 0 Å². The monoisotopic (exact) mass is 306 g/mol. The summed E-state index contributed by atoms with van der Waals surface area (Å²) >= 11 is 0. The van der Waals surface area contributed by atoms with Crippen molar-refractivity contribution in [1.29, 1.82) is 0 Å². The molecular weight excluding hydrogens is 280 g/mol. The van der Waals surface area contributed by atoms with Crippen molar-refractivity contribution in [3.63, 3.8) is 0 Å². The van der Waals surface area contributed by atoms with E-state index >= 15 is 0 Å². The van der Waals surface area contributed by atoms with Gasteiger partial charge in [-0.2, -0.15) is 0 Å². The number of carbonyl (C=O) groups is 1. The molecule has 0 bridgehead atoms. The van der Waals surface area contributed by atoms with Gasteiger partial charge in [-0.25, -0.2) is 0 Å². The Bertz CT molecular complexity index is 561. The third-order valence-electron chi connectivity index (χ3n) is 4.34. The average Bonchev–Trinajstić information content (AvgIpc) is 2.48. The predicted octanol–water partition coefficient (Wildman–Crippen LogP) is 3.52. The summed E-state index contributed by atoms with van der Waals surface area (Å²) < 4.78 is 17.1. The maximum absolute atomic E-state index is 10.8. The van der Waals surface area contributed by atoms with E-state index in [0.29, 0.717) is 12.8 Å². The van der Waals surface area contributed by atoms with E-state index in [9.17, 15) is 4.79 Å². The van der Waals surface area contributed by atoms with Gasteiger partial charge in [0.25, 0.3) is 0 Å². The summed E-state index contributed by atoms with van der Waals surface area (Å²) in [5, 5.41) is 0. The Kier molecular flexibility index (Phi) is 5.12. The molecule has 0 saturated carbocycles. The lowest BCUT2D eigenvalue weighted by Crippen LogP contribution is -2.33. The largest absolute Gasteiger partial charge is 0.487 e. The molecule has 1 aliphatic heterocycles. The van der Waals surface area contributed by atoms with Crippen LogP contribution in [0, 0.1) is 13.8 Å². The van der Waals surface area contributed by atoms with Crippen LogP contribution in [0.4, 0.5) is 0 Å². The number of hydrogen-bond donors (Lipinski definition) is 0. The van der Waals surface area contributed by atoms with E-state index < -0.39 is 0 Å². The quantitative estimate of drug-likeness (QED) is 0.596.